The molecule has 110 valence electrons. The minimum atomic E-state index is -3.66. The highest BCUT2D eigenvalue weighted by Crippen LogP contribution is 2.29. The number of carbonyl (C=O) groups excluding carboxylic acids is 1. The van der Waals surface area contributed by atoms with Crippen LogP contribution < -0.4 is 11.1 Å². The van der Waals surface area contributed by atoms with E-state index in [4.69, 9.17) is 5.73 Å². The Bertz CT molecular complexity index is 761. The van der Waals surface area contributed by atoms with Crippen LogP contribution in [0.25, 0.3) is 0 Å². The predicted molar refractivity (Wildman–Crippen MR) is 88.7 cm³/mol. The quantitative estimate of drug-likeness (QED) is 0.731. The van der Waals surface area contributed by atoms with Crippen LogP contribution in [0.1, 0.15) is 0 Å². The fourth-order valence-corrected chi connectivity index (χ4v) is 3.96. The first-order valence-corrected chi connectivity index (χ1v) is 8.59. The molecule has 2 rings (SSSR count). The second kappa shape index (κ2) is 6.44. The number of nitrogens with two attached hydrogens (primary N) is 1. The lowest BCUT2D eigenvalue weighted by Crippen LogP contribution is -2.22. The zero-order valence-corrected chi connectivity index (χ0v) is 13.9. The smallest absolute Gasteiger partial charge is 0.236 e. The van der Waals surface area contributed by atoms with Crippen LogP contribution in [0.3, 0.4) is 0 Å². The Balaban J connectivity index is 2.51. The zero-order valence-electron chi connectivity index (χ0n) is 10.9. The first-order chi connectivity index (χ1) is 9.91. The van der Waals surface area contributed by atoms with E-state index in [9.17, 15) is 13.2 Å². The summed E-state index contributed by atoms with van der Waals surface area (Å²) in [7, 11) is -3.66. The number of carbonyl (C=O) groups is 1. The molecule has 3 N–H and O–H groups in total. The van der Waals surface area contributed by atoms with Crippen molar-refractivity contribution in [1.29, 1.82) is 0 Å². The average molecular weight is 416 g/mol. The topological polar surface area (TPSA) is 89.3 Å². The van der Waals surface area contributed by atoms with E-state index in [1.165, 1.54) is 12.1 Å². The molecule has 0 aliphatic heterocycles. The van der Waals surface area contributed by atoms with Gasteiger partial charge in [-0.1, -0.05) is 18.2 Å². The summed E-state index contributed by atoms with van der Waals surface area (Å²) >= 11 is 2.04. The highest BCUT2D eigenvalue weighted by molar-refractivity contribution is 14.1. The number of amides is 1. The maximum absolute atomic E-state index is 12.7. The normalized spacial score (nSPS) is 11.1. The molecule has 0 saturated carbocycles. The molecule has 7 heteroatoms. The zero-order chi connectivity index (χ0) is 15.5. The molecule has 1 amide bonds. The summed E-state index contributed by atoms with van der Waals surface area (Å²) in [5, 5.41) is 2.76. The van der Waals surface area contributed by atoms with Gasteiger partial charge in [0.1, 0.15) is 0 Å². The van der Waals surface area contributed by atoms with Crippen molar-refractivity contribution in [2.45, 2.75) is 9.79 Å². The molecule has 0 fully saturated rings. The van der Waals surface area contributed by atoms with Gasteiger partial charge in [-0.05, 0) is 52.9 Å². The van der Waals surface area contributed by atoms with Gasteiger partial charge in [0.2, 0.25) is 15.7 Å². The molecule has 0 aliphatic carbocycles. The van der Waals surface area contributed by atoms with E-state index in [-0.39, 0.29) is 16.3 Å². The van der Waals surface area contributed by atoms with Crippen molar-refractivity contribution in [1.82, 2.24) is 0 Å². The first-order valence-electron chi connectivity index (χ1n) is 6.03. The van der Waals surface area contributed by atoms with E-state index in [1.54, 1.807) is 36.4 Å². The van der Waals surface area contributed by atoms with Gasteiger partial charge in [0.05, 0.1) is 22.0 Å². The van der Waals surface area contributed by atoms with Crippen molar-refractivity contribution in [3.05, 3.63) is 52.1 Å². The number of benzene rings is 2. The molecule has 0 radical (unpaired) electrons. The highest BCUT2D eigenvalue weighted by Gasteiger charge is 2.21. The van der Waals surface area contributed by atoms with Gasteiger partial charge >= 0.3 is 0 Å². The summed E-state index contributed by atoms with van der Waals surface area (Å²) < 4.78 is 26.2. The Kier molecular flexibility index (Phi) is 4.84. The number of hydrogen-bond donors (Lipinski definition) is 2. The molecule has 0 aliphatic rings. The Morgan fingerprint density at radius 2 is 1.81 bits per heavy atom. The van der Waals surface area contributed by atoms with E-state index in [1.807, 2.05) is 22.6 Å². The van der Waals surface area contributed by atoms with Gasteiger partial charge in [0.25, 0.3) is 0 Å². The molecule has 5 nitrogen and oxygen atoms in total. The minimum absolute atomic E-state index is 0.127. The number of primary amides is 1. The third-order valence-corrected chi connectivity index (χ3v) is 5.22. The van der Waals surface area contributed by atoms with Crippen LogP contribution in [0.2, 0.25) is 0 Å². The maximum Gasteiger partial charge on any atom is 0.236 e. The highest BCUT2D eigenvalue weighted by atomic mass is 127. The third-order valence-electron chi connectivity index (χ3n) is 2.74. The number of halogens is 1. The molecule has 0 aromatic heterocycles. The van der Waals surface area contributed by atoms with Crippen LogP contribution >= 0.6 is 22.6 Å². The van der Waals surface area contributed by atoms with E-state index in [0.717, 1.165) is 3.57 Å². The molecule has 0 atom stereocenters. The van der Waals surface area contributed by atoms with Crippen molar-refractivity contribution >= 4 is 44.0 Å². The summed E-state index contributed by atoms with van der Waals surface area (Å²) in [6, 6.07) is 13.1. The third kappa shape index (κ3) is 3.73. The molecule has 0 heterocycles. The van der Waals surface area contributed by atoms with Crippen molar-refractivity contribution in [3.63, 3.8) is 0 Å². The summed E-state index contributed by atoms with van der Waals surface area (Å²) in [6.07, 6.45) is 0. The SMILES string of the molecule is NC(=O)CNc1ccc(I)cc1S(=O)(=O)c1ccccc1. The largest absolute Gasteiger partial charge is 0.375 e. The van der Waals surface area contributed by atoms with Gasteiger partial charge < -0.3 is 11.1 Å². The minimum Gasteiger partial charge on any atom is -0.375 e. The monoisotopic (exact) mass is 416 g/mol. The summed E-state index contributed by atoms with van der Waals surface area (Å²) in [5.41, 5.74) is 5.45. The van der Waals surface area contributed by atoms with E-state index in [0.29, 0.717) is 5.69 Å². The Morgan fingerprint density at radius 1 is 1.14 bits per heavy atom. The molecule has 2 aromatic rings. The number of nitrogens with one attached hydrogen (secondary N) is 1. The van der Waals surface area contributed by atoms with Crippen LogP contribution in [-0.2, 0) is 14.6 Å². The van der Waals surface area contributed by atoms with Crippen molar-refractivity contribution in [2.24, 2.45) is 5.73 Å². The molecule has 0 saturated heterocycles. The maximum atomic E-state index is 12.7. The van der Waals surface area contributed by atoms with Gasteiger partial charge in [-0.25, -0.2) is 8.42 Å². The van der Waals surface area contributed by atoms with Crippen LogP contribution in [0.4, 0.5) is 5.69 Å². The second-order valence-electron chi connectivity index (χ2n) is 4.28. The lowest BCUT2D eigenvalue weighted by atomic mass is 10.3. The number of hydrogen-bond acceptors (Lipinski definition) is 4. The van der Waals surface area contributed by atoms with Crippen molar-refractivity contribution in [3.8, 4) is 0 Å². The molecule has 21 heavy (non-hydrogen) atoms. The predicted octanol–water partition coefficient (Wildman–Crippen LogP) is 2.02. The lowest BCUT2D eigenvalue weighted by Gasteiger charge is -2.12. The van der Waals surface area contributed by atoms with Gasteiger partial charge in [0, 0.05) is 3.57 Å². The summed E-state index contributed by atoms with van der Waals surface area (Å²) in [6.45, 7) is -0.127. The molecule has 0 spiro atoms. The molecule has 0 unspecified atom stereocenters. The Hall–Kier alpha value is -1.61. The average Bonchev–Trinajstić information content (AvgIpc) is 2.46. The van der Waals surface area contributed by atoms with Crippen LogP contribution in [0, 0.1) is 3.57 Å². The van der Waals surface area contributed by atoms with E-state index >= 15 is 0 Å². The van der Waals surface area contributed by atoms with Crippen LogP contribution in [0.15, 0.2) is 58.3 Å². The van der Waals surface area contributed by atoms with Gasteiger partial charge in [-0.3, -0.25) is 4.79 Å². The number of sulfone groups is 1. The molecule has 2 aromatic carbocycles. The van der Waals surface area contributed by atoms with Crippen LogP contribution in [0.5, 0.6) is 0 Å². The molecular formula is C14H13IN2O3S. The second-order valence-corrected chi connectivity index (χ2v) is 7.44. The van der Waals surface area contributed by atoms with Gasteiger partial charge in [0.15, 0.2) is 0 Å². The Labute approximate surface area is 136 Å². The number of anilines is 1. The fourth-order valence-electron chi connectivity index (χ4n) is 1.77. The Morgan fingerprint density at radius 3 is 2.43 bits per heavy atom. The van der Waals surface area contributed by atoms with E-state index in [2.05, 4.69) is 5.32 Å². The van der Waals surface area contributed by atoms with Crippen molar-refractivity contribution in [2.75, 3.05) is 11.9 Å². The van der Waals surface area contributed by atoms with Gasteiger partial charge in [-0.2, -0.15) is 0 Å². The first kappa shape index (κ1) is 15.8. The lowest BCUT2D eigenvalue weighted by molar-refractivity contribution is -0.116. The summed E-state index contributed by atoms with van der Waals surface area (Å²) in [5.74, 6) is -0.559. The fraction of sp³-hybridized carbons (Fsp3) is 0.0714. The molecular weight excluding hydrogens is 403 g/mol. The number of rotatable bonds is 5. The summed E-state index contributed by atoms with van der Waals surface area (Å²) in [4.78, 5) is 11.2. The van der Waals surface area contributed by atoms with E-state index < -0.39 is 15.7 Å². The van der Waals surface area contributed by atoms with Gasteiger partial charge in [-0.15, -0.1) is 0 Å². The van der Waals surface area contributed by atoms with Crippen LogP contribution in [-0.4, -0.2) is 20.9 Å². The standard InChI is InChI=1S/C14H13IN2O3S/c15-10-6-7-12(17-9-14(16)18)13(8-10)21(19,20)11-4-2-1-3-5-11/h1-8,17H,9H2,(H2,16,18). The van der Waals surface area contributed by atoms with Crippen molar-refractivity contribution < 1.29 is 13.2 Å². The molecule has 0 bridgehead atoms.